The molecule has 0 unspecified atom stereocenters. The zero-order chi connectivity index (χ0) is 19.0. The van der Waals surface area contributed by atoms with Crippen LogP contribution in [0.4, 0.5) is 10.1 Å². The molecule has 0 radical (unpaired) electrons. The minimum absolute atomic E-state index is 0.0366. The first-order chi connectivity index (χ1) is 12.9. The minimum Gasteiger partial charge on any atom is -0.486 e. The van der Waals surface area contributed by atoms with Crippen LogP contribution in [0.25, 0.3) is 0 Å². The van der Waals surface area contributed by atoms with Crippen molar-refractivity contribution in [2.24, 2.45) is 0 Å². The van der Waals surface area contributed by atoms with E-state index in [-0.39, 0.29) is 23.8 Å². The summed E-state index contributed by atoms with van der Waals surface area (Å²) in [6.45, 7) is 1.10. The third kappa shape index (κ3) is 3.60. The fourth-order valence-corrected chi connectivity index (χ4v) is 4.36. The van der Waals surface area contributed by atoms with Gasteiger partial charge < -0.3 is 14.4 Å². The van der Waals surface area contributed by atoms with Gasteiger partial charge in [-0.15, -0.1) is 0 Å². The molecule has 1 amide bonds. The van der Waals surface area contributed by atoms with Crippen molar-refractivity contribution in [3.8, 4) is 11.5 Å². The van der Waals surface area contributed by atoms with Crippen LogP contribution in [-0.4, -0.2) is 40.1 Å². The standard InChI is InChI=1S/C18H17FN2O5S/c19-12-1-4-15(5-2-12)27(23,24)20-13-9-18(22)21(11-13)14-3-6-16-17(10-14)26-8-7-25-16/h1-6,10,13,20H,7-9,11H2/t13-/m1/s1. The van der Waals surface area contributed by atoms with Crippen molar-refractivity contribution in [3.63, 3.8) is 0 Å². The van der Waals surface area contributed by atoms with E-state index in [2.05, 4.69) is 4.72 Å². The van der Waals surface area contributed by atoms with Gasteiger partial charge in [0.25, 0.3) is 0 Å². The summed E-state index contributed by atoms with van der Waals surface area (Å²) < 4.78 is 51.4. The summed E-state index contributed by atoms with van der Waals surface area (Å²) >= 11 is 0. The van der Waals surface area contributed by atoms with Gasteiger partial charge in [-0.2, -0.15) is 0 Å². The molecule has 0 aromatic heterocycles. The van der Waals surface area contributed by atoms with Crippen LogP contribution in [-0.2, 0) is 14.8 Å². The number of nitrogens with zero attached hydrogens (tertiary/aromatic N) is 1. The molecular formula is C18H17FN2O5S. The van der Waals surface area contributed by atoms with Crippen LogP contribution in [0.3, 0.4) is 0 Å². The van der Waals surface area contributed by atoms with E-state index in [1.807, 2.05) is 0 Å². The van der Waals surface area contributed by atoms with Crippen molar-refractivity contribution in [1.82, 2.24) is 4.72 Å². The number of benzene rings is 2. The molecule has 0 saturated carbocycles. The van der Waals surface area contributed by atoms with E-state index in [9.17, 15) is 17.6 Å². The zero-order valence-electron chi connectivity index (χ0n) is 14.2. The maximum atomic E-state index is 13.0. The van der Waals surface area contributed by atoms with Crippen LogP contribution >= 0.6 is 0 Å². The Morgan fingerprint density at radius 3 is 2.48 bits per heavy atom. The quantitative estimate of drug-likeness (QED) is 0.856. The van der Waals surface area contributed by atoms with Gasteiger partial charge in [0.1, 0.15) is 19.0 Å². The zero-order valence-corrected chi connectivity index (χ0v) is 15.0. The lowest BCUT2D eigenvalue weighted by molar-refractivity contribution is -0.117. The van der Waals surface area contributed by atoms with E-state index < -0.39 is 21.9 Å². The number of rotatable bonds is 4. The summed E-state index contributed by atoms with van der Waals surface area (Å²) in [7, 11) is -3.84. The van der Waals surface area contributed by atoms with Crippen molar-refractivity contribution >= 4 is 21.6 Å². The normalized spacial score (nSPS) is 19.4. The van der Waals surface area contributed by atoms with E-state index in [4.69, 9.17) is 9.47 Å². The predicted molar refractivity (Wildman–Crippen MR) is 94.9 cm³/mol. The Bertz CT molecular complexity index is 978. The topological polar surface area (TPSA) is 84.9 Å². The third-order valence-corrected chi connectivity index (χ3v) is 5.94. The van der Waals surface area contributed by atoms with Crippen molar-refractivity contribution in [2.75, 3.05) is 24.7 Å². The Hall–Kier alpha value is -2.65. The average molecular weight is 392 g/mol. The second-order valence-electron chi connectivity index (χ2n) is 6.31. The number of sulfonamides is 1. The highest BCUT2D eigenvalue weighted by Gasteiger charge is 2.34. The number of halogens is 1. The fraction of sp³-hybridized carbons (Fsp3) is 0.278. The average Bonchev–Trinajstić information content (AvgIpc) is 3.01. The lowest BCUT2D eigenvalue weighted by Gasteiger charge is -2.22. The van der Waals surface area contributed by atoms with Crippen molar-refractivity contribution in [1.29, 1.82) is 0 Å². The minimum atomic E-state index is -3.84. The van der Waals surface area contributed by atoms with Crippen LogP contribution < -0.4 is 19.1 Å². The molecule has 1 N–H and O–H groups in total. The van der Waals surface area contributed by atoms with Crippen molar-refractivity contribution in [2.45, 2.75) is 17.4 Å². The molecule has 0 bridgehead atoms. The van der Waals surface area contributed by atoms with Gasteiger partial charge in [0.2, 0.25) is 15.9 Å². The largest absolute Gasteiger partial charge is 0.486 e. The van der Waals surface area contributed by atoms with Gasteiger partial charge in [0.05, 0.1) is 4.90 Å². The monoisotopic (exact) mass is 392 g/mol. The summed E-state index contributed by atoms with van der Waals surface area (Å²) in [6, 6.07) is 9.13. The molecule has 27 heavy (non-hydrogen) atoms. The second-order valence-corrected chi connectivity index (χ2v) is 8.02. The van der Waals surface area contributed by atoms with E-state index in [1.165, 1.54) is 17.0 Å². The lowest BCUT2D eigenvalue weighted by Crippen LogP contribution is -2.37. The van der Waals surface area contributed by atoms with Gasteiger partial charge in [-0.05, 0) is 36.4 Å². The third-order valence-electron chi connectivity index (χ3n) is 4.41. The summed E-state index contributed by atoms with van der Waals surface area (Å²) in [5.41, 5.74) is 0.618. The molecule has 2 aliphatic rings. The smallest absolute Gasteiger partial charge is 0.240 e. The molecule has 2 aromatic rings. The van der Waals surface area contributed by atoms with Crippen LogP contribution in [0, 0.1) is 5.82 Å². The first-order valence-electron chi connectivity index (χ1n) is 8.40. The van der Waals surface area contributed by atoms with Gasteiger partial charge in [-0.3, -0.25) is 4.79 Å². The SMILES string of the molecule is O=C1C[C@@H](NS(=O)(=O)c2ccc(F)cc2)CN1c1ccc2c(c1)OCCO2. The molecule has 2 heterocycles. The molecular weight excluding hydrogens is 375 g/mol. The Balaban J connectivity index is 1.50. The number of fused-ring (bicyclic) bond motifs is 1. The number of hydrogen-bond acceptors (Lipinski definition) is 5. The number of carbonyl (C=O) groups excluding carboxylic acids is 1. The maximum absolute atomic E-state index is 13.0. The van der Waals surface area contributed by atoms with Gasteiger partial charge in [0.15, 0.2) is 11.5 Å². The molecule has 4 rings (SSSR count). The van der Waals surface area contributed by atoms with Gasteiger partial charge in [0, 0.05) is 30.8 Å². The van der Waals surface area contributed by atoms with Crippen LogP contribution in [0.1, 0.15) is 6.42 Å². The lowest BCUT2D eigenvalue weighted by atomic mass is 10.2. The molecule has 1 fully saturated rings. The number of amides is 1. The van der Waals surface area contributed by atoms with E-state index in [1.54, 1.807) is 18.2 Å². The number of nitrogens with one attached hydrogen (secondary N) is 1. The summed E-state index contributed by atoms with van der Waals surface area (Å²) in [4.78, 5) is 13.9. The van der Waals surface area contributed by atoms with E-state index in [0.29, 0.717) is 30.4 Å². The molecule has 1 saturated heterocycles. The first kappa shape index (κ1) is 17.7. The number of hydrogen-bond donors (Lipinski definition) is 1. The molecule has 0 aliphatic carbocycles. The van der Waals surface area contributed by atoms with Crippen LogP contribution in [0.5, 0.6) is 11.5 Å². The highest BCUT2D eigenvalue weighted by Crippen LogP contribution is 2.35. The molecule has 9 heteroatoms. The second kappa shape index (κ2) is 6.82. The van der Waals surface area contributed by atoms with Gasteiger partial charge in [-0.1, -0.05) is 0 Å². The van der Waals surface area contributed by atoms with Crippen LogP contribution in [0.2, 0.25) is 0 Å². The molecule has 7 nitrogen and oxygen atoms in total. The van der Waals surface area contributed by atoms with Crippen molar-refractivity contribution < 1.29 is 27.1 Å². The summed E-state index contributed by atoms with van der Waals surface area (Å²) in [6.07, 6.45) is 0.0366. The Morgan fingerprint density at radius 2 is 1.74 bits per heavy atom. The highest BCUT2D eigenvalue weighted by atomic mass is 32.2. The van der Waals surface area contributed by atoms with Gasteiger partial charge >= 0.3 is 0 Å². The summed E-state index contributed by atoms with van der Waals surface area (Å²) in [5.74, 6) is 0.459. The molecule has 0 spiro atoms. The van der Waals surface area contributed by atoms with E-state index >= 15 is 0 Å². The number of carbonyl (C=O) groups is 1. The fourth-order valence-electron chi connectivity index (χ4n) is 3.14. The van der Waals surface area contributed by atoms with Gasteiger partial charge in [-0.25, -0.2) is 17.5 Å². The number of anilines is 1. The van der Waals surface area contributed by atoms with Crippen molar-refractivity contribution in [3.05, 3.63) is 48.3 Å². The molecule has 2 aromatic carbocycles. The molecule has 2 aliphatic heterocycles. The molecule has 142 valence electrons. The number of ether oxygens (including phenoxy) is 2. The summed E-state index contributed by atoms with van der Waals surface area (Å²) in [5, 5.41) is 0. The predicted octanol–water partition coefficient (Wildman–Crippen LogP) is 1.68. The van der Waals surface area contributed by atoms with E-state index in [0.717, 1.165) is 12.1 Å². The highest BCUT2D eigenvalue weighted by molar-refractivity contribution is 7.89. The Morgan fingerprint density at radius 1 is 1.04 bits per heavy atom. The molecule has 1 atom stereocenters. The first-order valence-corrected chi connectivity index (χ1v) is 9.89. The van der Waals surface area contributed by atoms with Crippen LogP contribution in [0.15, 0.2) is 47.4 Å². The Labute approximate surface area is 155 Å². The maximum Gasteiger partial charge on any atom is 0.240 e. The Kier molecular flexibility index (Phi) is 4.48.